The standard InChI is InChI=1S/C8H13NO2/c1-5(2)6-3-9-8(11)7(6)4-10/h6-7,10H,1,3-4H2,2H3,(H,9,11). The van der Waals surface area contributed by atoms with Crippen LogP contribution in [0.15, 0.2) is 12.2 Å². The molecule has 1 heterocycles. The lowest BCUT2D eigenvalue weighted by Gasteiger charge is -2.13. The highest BCUT2D eigenvalue weighted by molar-refractivity contribution is 5.81. The number of aliphatic hydroxyl groups is 1. The van der Waals surface area contributed by atoms with Crippen LogP contribution in [-0.2, 0) is 4.79 Å². The van der Waals surface area contributed by atoms with E-state index in [9.17, 15) is 4.79 Å². The number of aliphatic hydroxyl groups excluding tert-OH is 1. The van der Waals surface area contributed by atoms with Crippen molar-refractivity contribution in [1.82, 2.24) is 5.32 Å². The zero-order valence-electron chi connectivity index (χ0n) is 6.63. The molecule has 1 aliphatic rings. The molecule has 0 aromatic rings. The molecule has 3 nitrogen and oxygen atoms in total. The molecule has 11 heavy (non-hydrogen) atoms. The van der Waals surface area contributed by atoms with E-state index in [-0.39, 0.29) is 24.3 Å². The third kappa shape index (κ3) is 1.43. The highest BCUT2D eigenvalue weighted by Crippen LogP contribution is 2.23. The van der Waals surface area contributed by atoms with Gasteiger partial charge in [-0.1, -0.05) is 12.2 Å². The van der Waals surface area contributed by atoms with E-state index >= 15 is 0 Å². The van der Waals surface area contributed by atoms with Gasteiger partial charge in [-0.25, -0.2) is 0 Å². The molecule has 2 N–H and O–H groups in total. The molecule has 0 saturated carbocycles. The van der Waals surface area contributed by atoms with Crippen LogP contribution in [-0.4, -0.2) is 24.2 Å². The lowest BCUT2D eigenvalue weighted by Crippen LogP contribution is -2.22. The molecular formula is C8H13NO2. The maximum Gasteiger partial charge on any atom is 0.226 e. The zero-order valence-corrected chi connectivity index (χ0v) is 6.63. The van der Waals surface area contributed by atoms with Gasteiger partial charge >= 0.3 is 0 Å². The van der Waals surface area contributed by atoms with Gasteiger partial charge in [0.15, 0.2) is 0 Å². The summed E-state index contributed by atoms with van der Waals surface area (Å²) in [5.74, 6) is -0.208. The van der Waals surface area contributed by atoms with Crippen LogP contribution in [0.2, 0.25) is 0 Å². The fourth-order valence-electron chi connectivity index (χ4n) is 1.39. The van der Waals surface area contributed by atoms with Crippen molar-refractivity contribution in [3.05, 3.63) is 12.2 Å². The number of carbonyl (C=O) groups excluding carboxylic acids is 1. The Morgan fingerprint density at radius 2 is 2.55 bits per heavy atom. The Balaban J connectivity index is 2.68. The SMILES string of the molecule is C=C(C)C1CNC(=O)C1CO. The van der Waals surface area contributed by atoms with E-state index in [4.69, 9.17) is 5.11 Å². The van der Waals surface area contributed by atoms with Gasteiger partial charge in [0.2, 0.25) is 5.91 Å². The van der Waals surface area contributed by atoms with Crippen molar-refractivity contribution in [2.45, 2.75) is 6.92 Å². The van der Waals surface area contributed by atoms with Crippen LogP contribution in [0.3, 0.4) is 0 Å². The molecule has 0 spiro atoms. The summed E-state index contributed by atoms with van der Waals surface area (Å²) in [7, 11) is 0. The van der Waals surface area contributed by atoms with E-state index in [2.05, 4.69) is 11.9 Å². The first kappa shape index (κ1) is 8.27. The van der Waals surface area contributed by atoms with Gasteiger partial charge in [0.1, 0.15) is 0 Å². The quantitative estimate of drug-likeness (QED) is 0.548. The molecule has 3 heteroatoms. The summed E-state index contributed by atoms with van der Waals surface area (Å²) in [4.78, 5) is 11.0. The van der Waals surface area contributed by atoms with Crippen LogP contribution in [0.5, 0.6) is 0 Å². The van der Waals surface area contributed by atoms with Gasteiger partial charge in [0, 0.05) is 12.5 Å². The minimum atomic E-state index is -0.271. The first-order valence-electron chi connectivity index (χ1n) is 3.70. The van der Waals surface area contributed by atoms with Crippen molar-refractivity contribution in [2.75, 3.05) is 13.2 Å². The Kier molecular flexibility index (Phi) is 2.29. The number of nitrogens with one attached hydrogen (secondary N) is 1. The fourth-order valence-corrected chi connectivity index (χ4v) is 1.39. The minimum Gasteiger partial charge on any atom is -0.396 e. The molecule has 1 amide bonds. The van der Waals surface area contributed by atoms with Crippen molar-refractivity contribution in [3.8, 4) is 0 Å². The van der Waals surface area contributed by atoms with Gasteiger partial charge in [-0.15, -0.1) is 0 Å². The van der Waals surface area contributed by atoms with E-state index in [1.807, 2.05) is 6.92 Å². The van der Waals surface area contributed by atoms with Gasteiger partial charge in [-0.2, -0.15) is 0 Å². The van der Waals surface area contributed by atoms with Crippen LogP contribution in [0.1, 0.15) is 6.92 Å². The first-order chi connectivity index (χ1) is 5.16. The third-order valence-corrected chi connectivity index (χ3v) is 2.15. The monoisotopic (exact) mass is 155 g/mol. The van der Waals surface area contributed by atoms with E-state index in [0.29, 0.717) is 6.54 Å². The van der Waals surface area contributed by atoms with Crippen LogP contribution < -0.4 is 5.32 Å². The Morgan fingerprint density at radius 3 is 2.91 bits per heavy atom. The third-order valence-electron chi connectivity index (χ3n) is 2.15. The second-order valence-electron chi connectivity index (χ2n) is 2.99. The largest absolute Gasteiger partial charge is 0.396 e. The van der Waals surface area contributed by atoms with Gasteiger partial charge in [0.25, 0.3) is 0 Å². The maximum absolute atomic E-state index is 11.0. The summed E-state index contributed by atoms with van der Waals surface area (Å²) < 4.78 is 0. The van der Waals surface area contributed by atoms with Crippen molar-refractivity contribution < 1.29 is 9.90 Å². The van der Waals surface area contributed by atoms with E-state index in [1.165, 1.54) is 0 Å². The Labute approximate surface area is 66.1 Å². The summed E-state index contributed by atoms with van der Waals surface area (Å²) in [6, 6.07) is 0. The molecule has 0 aromatic carbocycles. The van der Waals surface area contributed by atoms with Gasteiger partial charge in [-0.3, -0.25) is 4.79 Å². The van der Waals surface area contributed by atoms with Crippen molar-refractivity contribution in [1.29, 1.82) is 0 Å². The lowest BCUT2D eigenvalue weighted by molar-refractivity contribution is -0.123. The number of amides is 1. The normalized spacial score (nSPS) is 30.2. The minimum absolute atomic E-state index is 0.0551. The molecule has 2 unspecified atom stereocenters. The molecule has 0 aliphatic carbocycles. The highest BCUT2D eigenvalue weighted by Gasteiger charge is 2.33. The summed E-state index contributed by atoms with van der Waals surface area (Å²) in [5, 5.41) is 11.5. The predicted molar refractivity (Wildman–Crippen MR) is 41.9 cm³/mol. The summed E-state index contributed by atoms with van der Waals surface area (Å²) in [6.07, 6.45) is 0. The molecule has 2 atom stereocenters. The van der Waals surface area contributed by atoms with Crippen LogP contribution >= 0.6 is 0 Å². The number of hydrogen-bond donors (Lipinski definition) is 2. The Morgan fingerprint density at radius 1 is 1.91 bits per heavy atom. The van der Waals surface area contributed by atoms with Crippen LogP contribution in [0.4, 0.5) is 0 Å². The average Bonchev–Trinajstić information content (AvgIpc) is 2.30. The summed E-state index contributed by atoms with van der Waals surface area (Å²) in [5.41, 5.74) is 0.961. The van der Waals surface area contributed by atoms with Crippen LogP contribution in [0.25, 0.3) is 0 Å². The van der Waals surface area contributed by atoms with E-state index in [1.54, 1.807) is 0 Å². The highest BCUT2D eigenvalue weighted by atomic mass is 16.3. The lowest BCUT2D eigenvalue weighted by atomic mass is 9.91. The Bertz CT molecular complexity index is 189. The Hall–Kier alpha value is -0.830. The summed E-state index contributed by atoms with van der Waals surface area (Å²) in [6.45, 7) is 6.19. The van der Waals surface area contributed by atoms with Crippen molar-refractivity contribution in [3.63, 3.8) is 0 Å². The number of hydrogen-bond acceptors (Lipinski definition) is 2. The molecule has 0 bridgehead atoms. The van der Waals surface area contributed by atoms with Crippen molar-refractivity contribution in [2.24, 2.45) is 11.8 Å². The molecule has 1 fully saturated rings. The summed E-state index contributed by atoms with van der Waals surface area (Å²) >= 11 is 0. The fraction of sp³-hybridized carbons (Fsp3) is 0.625. The zero-order chi connectivity index (χ0) is 8.43. The molecule has 0 aromatic heterocycles. The van der Waals surface area contributed by atoms with Gasteiger partial charge < -0.3 is 10.4 Å². The van der Waals surface area contributed by atoms with E-state index < -0.39 is 0 Å². The second kappa shape index (κ2) is 3.05. The van der Waals surface area contributed by atoms with Gasteiger partial charge in [0.05, 0.1) is 12.5 Å². The molecule has 62 valence electrons. The smallest absolute Gasteiger partial charge is 0.226 e. The molecule has 1 aliphatic heterocycles. The maximum atomic E-state index is 11.0. The van der Waals surface area contributed by atoms with Crippen molar-refractivity contribution >= 4 is 5.91 Å². The average molecular weight is 155 g/mol. The topological polar surface area (TPSA) is 49.3 Å². The molecule has 1 saturated heterocycles. The van der Waals surface area contributed by atoms with Crippen LogP contribution in [0, 0.1) is 11.8 Å². The molecule has 0 radical (unpaired) electrons. The molecule has 1 rings (SSSR count). The number of carbonyl (C=O) groups is 1. The molecular weight excluding hydrogens is 142 g/mol. The van der Waals surface area contributed by atoms with Gasteiger partial charge in [-0.05, 0) is 6.92 Å². The van der Waals surface area contributed by atoms with E-state index in [0.717, 1.165) is 5.57 Å². The number of rotatable bonds is 2. The first-order valence-corrected chi connectivity index (χ1v) is 3.70. The predicted octanol–water partition coefficient (Wildman–Crippen LogP) is -0.0830. The second-order valence-corrected chi connectivity index (χ2v) is 2.99.